The highest BCUT2D eigenvalue weighted by molar-refractivity contribution is 7.89. The van der Waals surface area contributed by atoms with E-state index in [1.54, 1.807) is 0 Å². The van der Waals surface area contributed by atoms with Crippen molar-refractivity contribution in [1.29, 1.82) is 0 Å². The van der Waals surface area contributed by atoms with Gasteiger partial charge >= 0.3 is 0 Å². The minimum atomic E-state index is -3.75. The van der Waals surface area contributed by atoms with Gasteiger partial charge in [-0.2, -0.15) is 0 Å². The number of nitrogens with one attached hydrogen (secondary N) is 3. The molecule has 0 bridgehead atoms. The average molecular weight is 496 g/mol. The average Bonchev–Trinajstić information content (AvgIpc) is 2.80. The van der Waals surface area contributed by atoms with Crippen molar-refractivity contribution in [3.8, 4) is 5.75 Å². The zero-order chi connectivity index (χ0) is 23.9. The van der Waals surface area contributed by atoms with Gasteiger partial charge in [-0.1, -0.05) is 19.3 Å². The SMILES string of the molecule is COc1ccc(S(=O)(=O)NCCC(=O)Nc2ccc(S(=O)(=O)NC3CCCCC3)cc2)cc1. The summed E-state index contributed by atoms with van der Waals surface area (Å²) in [5, 5.41) is 2.64. The smallest absolute Gasteiger partial charge is 0.240 e. The van der Waals surface area contributed by atoms with Crippen LogP contribution >= 0.6 is 0 Å². The molecule has 0 radical (unpaired) electrons. The second-order valence-electron chi connectivity index (χ2n) is 7.85. The number of methoxy groups -OCH3 is 1. The molecule has 1 amide bonds. The second-order valence-corrected chi connectivity index (χ2v) is 11.3. The second kappa shape index (κ2) is 11.1. The first-order valence-corrected chi connectivity index (χ1v) is 13.7. The van der Waals surface area contributed by atoms with E-state index in [1.807, 2.05) is 0 Å². The van der Waals surface area contributed by atoms with Gasteiger partial charge in [0.1, 0.15) is 5.75 Å². The summed E-state index contributed by atoms with van der Waals surface area (Å²) >= 11 is 0. The lowest BCUT2D eigenvalue weighted by molar-refractivity contribution is -0.116. The van der Waals surface area contributed by atoms with Crippen molar-refractivity contribution >= 4 is 31.6 Å². The molecule has 1 fully saturated rings. The number of carbonyl (C=O) groups is 1. The zero-order valence-corrected chi connectivity index (χ0v) is 20.0. The zero-order valence-electron chi connectivity index (χ0n) is 18.4. The van der Waals surface area contributed by atoms with Gasteiger partial charge in [-0.3, -0.25) is 4.79 Å². The molecule has 1 aliphatic rings. The van der Waals surface area contributed by atoms with E-state index < -0.39 is 26.0 Å². The van der Waals surface area contributed by atoms with Crippen LogP contribution in [0.2, 0.25) is 0 Å². The molecule has 0 heterocycles. The summed E-state index contributed by atoms with van der Waals surface area (Å²) in [6.07, 6.45) is 4.78. The lowest BCUT2D eigenvalue weighted by Crippen LogP contribution is -2.36. The van der Waals surface area contributed by atoms with E-state index in [4.69, 9.17) is 4.74 Å². The Balaban J connectivity index is 1.49. The Hall–Kier alpha value is -2.47. The van der Waals surface area contributed by atoms with Crippen LogP contribution in [0.3, 0.4) is 0 Å². The third kappa shape index (κ3) is 7.26. The van der Waals surface area contributed by atoms with E-state index in [1.165, 1.54) is 55.6 Å². The molecule has 1 aliphatic carbocycles. The van der Waals surface area contributed by atoms with Crippen molar-refractivity contribution in [3.63, 3.8) is 0 Å². The van der Waals surface area contributed by atoms with Gasteiger partial charge in [0.05, 0.1) is 16.9 Å². The molecule has 0 saturated heterocycles. The van der Waals surface area contributed by atoms with Gasteiger partial charge in [0.2, 0.25) is 26.0 Å². The van der Waals surface area contributed by atoms with Crippen molar-refractivity contribution in [2.75, 3.05) is 19.0 Å². The number of benzene rings is 2. The molecule has 2 aromatic carbocycles. The number of hydrogen-bond donors (Lipinski definition) is 3. The lowest BCUT2D eigenvalue weighted by atomic mass is 9.96. The molecule has 0 spiro atoms. The first-order valence-electron chi connectivity index (χ1n) is 10.8. The maximum atomic E-state index is 12.6. The molecule has 3 N–H and O–H groups in total. The normalized spacial score (nSPS) is 15.2. The summed E-state index contributed by atoms with van der Waals surface area (Å²) in [7, 11) is -5.87. The monoisotopic (exact) mass is 495 g/mol. The summed E-state index contributed by atoms with van der Waals surface area (Å²) < 4.78 is 59.8. The third-order valence-electron chi connectivity index (χ3n) is 5.39. The Labute approximate surface area is 195 Å². The number of sulfonamides is 2. The third-order valence-corrected chi connectivity index (χ3v) is 8.40. The predicted octanol–water partition coefficient (Wildman–Crippen LogP) is 2.61. The van der Waals surface area contributed by atoms with Gasteiger partial charge in [0.25, 0.3) is 0 Å². The van der Waals surface area contributed by atoms with E-state index in [9.17, 15) is 21.6 Å². The predicted molar refractivity (Wildman–Crippen MR) is 125 cm³/mol. The quantitative estimate of drug-likeness (QED) is 0.464. The fourth-order valence-electron chi connectivity index (χ4n) is 3.59. The van der Waals surface area contributed by atoms with Crippen molar-refractivity contribution in [1.82, 2.24) is 9.44 Å². The first kappa shape index (κ1) is 25.2. The summed E-state index contributed by atoms with van der Waals surface area (Å²) in [5.74, 6) is 0.139. The van der Waals surface area contributed by atoms with Crippen molar-refractivity contribution < 1.29 is 26.4 Å². The number of carbonyl (C=O) groups excluding carboxylic acids is 1. The minimum Gasteiger partial charge on any atom is -0.497 e. The van der Waals surface area contributed by atoms with E-state index in [-0.39, 0.29) is 28.8 Å². The molecule has 0 unspecified atom stereocenters. The van der Waals surface area contributed by atoms with Crippen LogP contribution in [0.1, 0.15) is 38.5 Å². The lowest BCUT2D eigenvalue weighted by Gasteiger charge is -2.22. The topological polar surface area (TPSA) is 131 Å². The summed E-state index contributed by atoms with van der Waals surface area (Å²) in [6.45, 7) is -0.0854. The Bertz CT molecular complexity index is 1140. The van der Waals surface area contributed by atoms with Crippen molar-refractivity contribution in [2.24, 2.45) is 0 Å². The highest BCUT2D eigenvalue weighted by atomic mass is 32.2. The molecule has 3 rings (SSSR count). The first-order chi connectivity index (χ1) is 15.7. The van der Waals surface area contributed by atoms with Crippen LogP contribution in [0.4, 0.5) is 5.69 Å². The number of anilines is 1. The van der Waals surface area contributed by atoms with E-state index in [2.05, 4.69) is 14.8 Å². The maximum absolute atomic E-state index is 12.6. The van der Waals surface area contributed by atoms with E-state index >= 15 is 0 Å². The number of amides is 1. The van der Waals surface area contributed by atoms with E-state index in [0.29, 0.717) is 11.4 Å². The molecule has 33 heavy (non-hydrogen) atoms. The standard InChI is InChI=1S/C22H29N3O6S2/c1-31-19-9-13-20(14-10-19)32(27,28)23-16-15-22(26)24-17-7-11-21(12-8-17)33(29,30)25-18-5-3-2-4-6-18/h7-14,18,23,25H,2-6,15-16H2,1H3,(H,24,26). The minimum absolute atomic E-state index is 0.0372. The van der Waals surface area contributed by atoms with Crippen LogP contribution in [-0.4, -0.2) is 42.4 Å². The van der Waals surface area contributed by atoms with Crippen molar-refractivity contribution in [2.45, 2.75) is 54.4 Å². The molecule has 0 aromatic heterocycles. The fourth-order valence-corrected chi connectivity index (χ4v) is 5.92. The largest absolute Gasteiger partial charge is 0.497 e. The molecule has 0 aliphatic heterocycles. The van der Waals surface area contributed by atoms with E-state index in [0.717, 1.165) is 32.1 Å². The Morgan fingerprint density at radius 2 is 1.45 bits per heavy atom. The Kier molecular flexibility index (Phi) is 8.46. The summed E-state index contributed by atoms with van der Waals surface area (Å²) in [4.78, 5) is 12.4. The van der Waals surface area contributed by atoms with Crippen LogP contribution in [0.15, 0.2) is 58.3 Å². The van der Waals surface area contributed by atoms with Crippen LogP contribution in [0.25, 0.3) is 0 Å². The summed E-state index contributed by atoms with van der Waals surface area (Å²) in [5.41, 5.74) is 0.426. The molecule has 180 valence electrons. The summed E-state index contributed by atoms with van der Waals surface area (Å²) in [6, 6.07) is 11.8. The Morgan fingerprint density at radius 1 is 0.879 bits per heavy atom. The molecular formula is C22H29N3O6S2. The van der Waals surface area contributed by atoms with Gasteiger partial charge in [-0.05, 0) is 61.4 Å². The van der Waals surface area contributed by atoms with Gasteiger partial charge < -0.3 is 10.1 Å². The van der Waals surface area contributed by atoms with Crippen LogP contribution in [0, 0.1) is 0 Å². The fraction of sp³-hybridized carbons (Fsp3) is 0.409. The molecule has 1 saturated carbocycles. The van der Waals surface area contributed by atoms with Gasteiger partial charge in [0, 0.05) is 24.7 Å². The van der Waals surface area contributed by atoms with Gasteiger partial charge in [0.15, 0.2) is 0 Å². The number of hydrogen-bond acceptors (Lipinski definition) is 6. The molecular weight excluding hydrogens is 466 g/mol. The van der Waals surface area contributed by atoms with Crippen LogP contribution < -0.4 is 19.5 Å². The highest BCUT2D eigenvalue weighted by Crippen LogP contribution is 2.21. The molecule has 2 aromatic rings. The van der Waals surface area contributed by atoms with Gasteiger partial charge in [-0.25, -0.2) is 26.3 Å². The number of ether oxygens (including phenoxy) is 1. The highest BCUT2D eigenvalue weighted by Gasteiger charge is 2.22. The Morgan fingerprint density at radius 3 is 2.06 bits per heavy atom. The molecule has 9 nitrogen and oxygen atoms in total. The van der Waals surface area contributed by atoms with Crippen molar-refractivity contribution in [3.05, 3.63) is 48.5 Å². The molecule has 0 atom stereocenters. The molecule has 11 heteroatoms. The van der Waals surface area contributed by atoms with Crippen LogP contribution in [-0.2, 0) is 24.8 Å². The van der Waals surface area contributed by atoms with Crippen LogP contribution in [0.5, 0.6) is 5.75 Å². The maximum Gasteiger partial charge on any atom is 0.240 e. The van der Waals surface area contributed by atoms with Gasteiger partial charge in [-0.15, -0.1) is 0 Å². The number of rotatable bonds is 10.